The summed E-state index contributed by atoms with van der Waals surface area (Å²) in [6, 6.07) is 0. The molecule has 0 saturated carbocycles. The van der Waals surface area contributed by atoms with Gasteiger partial charge in [-0.05, 0) is 6.08 Å². The van der Waals surface area contributed by atoms with Gasteiger partial charge in [0, 0.05) is 0 Å². The van der Waals surface area contributed by atoms with Crippen molar-refractivity contribution in [1.82, 2.24) is 5.54 Å². The summed E-state index contributed by atoms with van der Waals surface area (Å²) < 4.78 is 10.7. The van der Waals surface area contributed by atoms with Crippen LogP contribution in [0.25, 0.3) is 0 Å². The lowest BCUT2D eigenvalue weighted by atomic mass is 10.6. The predicted molar refractivity (Wildman–Crippen MR) is 19.4 cm³/mol. The molecule has 0 radical (unpaired) electrons. The molecule has 0 aliphatic heterocycles. The second-order valence-corrected chi connectivity index (χ2v) is 0.663. The van der Waals surface area contributed by atoms with Gasteiger partial charge in [-0.15, -0.1) is 0 Å². The average molecular weight is 89.1 g/mol. The summed E-state index contributed by atoms with van der Waals surface area (Å²) >= 11 is 0. The third-order valence-electron chi connectivity index (χ3n) is 0.279. The second kappa shape index (κ2) is 2.38. The zero-order valence-corrected chi connectivity index (χ0v) is 3.07. The van der Waals surface area contributed by atoms with Crippen LogP contribution in [0.2, 0.25) is 0 Å². The van der Waals surface area contributed by atoms with Gasteiger partial charge >= 0.3 is 0 Å². The van der Waals surface area contributed by atoms with E-state index in [1.807, 2.05) is 0 Å². The maximum atomic E-state index is 10.7. The molecule has 0 aliphatic carbocycles. The fourth-order valence-electron chi connectivity index (χ4n) is 0.0386. The first kappa shape index (κ1) is 5.14. The van der Waals surface area contributed by atoms with Crippen LogP contribution in [-0.4, -0.2) is 5.91 Å². The highest BCUT2D eigenvalue weighted by Crippen LogP contribution is 1.60. The molecule has 0 aromatic rings. The zero-order chi connectivity index (χ0) is 4.99. The van der Waals surface area contributed by atoms with E-state index in [1.165, 1.54) is 0 Å². The molecular weight excluding hydrogens is 85.0 g/mol. The van der Waals surface area contributed by atoms with Crippen molar-refractivity contribution in [2.45, 2.75) is 0 Å². The first-order valence-electron chi connectivity index (χ1n) is 1.34. The van der Waals surface area contributed by atoms with Crippen molar-refractivity contribution < 1.29 is 9.28 Å². The molecule has 0 heterocycles. The second-order valence-electron chi connectivity index (χ2n) is 0.663. The molecule has 0 saturated heterocycles. The number of rotatable bonds is 1. The summed E-state index contributed by atoms with van der Waals surface area (Å²) in [6.07, 6.45) is 0.847. The predicted octanol–water partition coefficient (Wildman–Crippen LogP) is 0.173. The van der Waals surface area contributed by atoms with E-state index in [4.69, 9.17) is 0 Å². The van der Waals surface area contributed by atoms with Crippen molar-refractivity contribution in [3.8, 4) is 0 Å². The van der Waals surface area contributed by atoms with Crippen molar-refractivity contribution in [1.29, 1.82) is 0 Å². The molecule has 0 bridgehead atoms. The summed E-state index contributed by atoms with van der Waals surface area (Å²) in [5, 5.41) is 0. The number of halogens is 1. The van der Waals surface area contributed by atoms with Gasteiger partial charge in [0.25, 0.3) is 5.91 Å². The Kier molecular flexibility index (Phi) is 2.04. The molecule has 1 amide bonds. The number of carbonyl (C=O) groups excluding carboxylic acids is 1. The van der Waals surface area contributed by atoms with Gasteiger partial charge in [0.2, 0.25) is 0 Å². The molecule has 2 nitrogen and oxygen atoms in total. The Morgan fingerprint density at radius 3 is 2.50 bits per heavy atom. The molecule has 0 rings (SSSR count). The van der Waals surface area contributed by atoms with Crippen LogP contribution in [0, 0.1) is 0 Å². The van der Waals surface area contributed by atoms with Crippen LogP contribution in [0.3, 0.4) is 0 Å². The average Bonchev–Trinajstić information content (AvgIpc) is 1.65. The van der Waals surface area contributed by atoms with E-state index in [-0.39, 0.29) is 0 Å². The lowest BCUT2D eigenvalue weighted by Gasteiger charge is -1.77. The molecule has 0 aromatic heterocycles. The molecule has 1 N–H and O–H groups in total. The van der Waals surface area contributed by atoms with Crippen LogP contribution < -0.4 is 5.54 Å². The van der Waals surface area contributed by atoms with Crippen LogP contribution in [0.1, 0.15) is 0 Å². The number of hydrogen-bond acceptors (Lipinski definition) is 1. The van der Waals surface area contributed by atoms with E-state index in [1.54, 1.807) is 0 Å². The standard InChI is InChI=1S/C3H4FNO/c1-2-3(6)5-4/h2H,1H2,(H,5,6). The van der Waals surface area contributed by atoms with E-state index in [2.05, 4.69) is 6.58 Å². The zero-order valence-electron chi connectivity index (χ0n) is 3.07. The molecule has 3 heteroatoms. The first-order valence-corrected chi connectivity index (χ1v) is 1.34. The van der Waals surface area contributed by atoms with E-state index < -0.39 is 5.91 Å². The van der Waals surface area contributed by atoms with E-state index in [0.29, 0.717) is 0 Å². The molecule has 0 unspecified atom stereocenters. The van der Waals surface area contributed by atoms with Crippen molar-refractivity contribution >= 4 is 5.91 Å². The number of amides is 1. The minimum absolute atomic E-state index is 0.810. The van der Waals surface area contributed by atoms with E-state index in [0.717, 1.165) is 11.6 Å². The highest BCUT2D eigenvalue weighted by Gasteiger charge is 1.82. The van der Waals surface area contributed by atoms with Crippen molar-refractivity contribution in [2.75, 3.05) is 0 Å². The first-order chi connectivity index (χ1) is 2.81. The maximum absolute atomic E-state index is 10.7. The summed E-state index contributed by atoms with van der Waals surface area (Å²) in [5.41, 5.74) is 0.858. The molecule has 0 fully saturated rings. The number of carbonyl (C=O) groups is 1. The van der Waals surface area contributed by atoms with Crippen molar-refractivity contribution in [3.05, 3.63) is 12.7 Å². The molecule has 0 atom stereocenters. The molecule has 0 aromatic carbocycles. The van der Waals surface area contributed by atoms with Crippen molar-refractivity contribution in [3.63, 3.8) is 0 Å². The van der Waals surface area contributed by atoms with Gasteiger partial charge in [0.05, 0.1) is 0 Å². The lowest BCUT2D eigenvalue weighted by Crippen LogP contribution is -2.07. The summed E-state index contributed by atoms with van der Waals surface area (Å²) in [4.78, 5) is 9.58. The SMILES string of the molecule is C=CC(=O)NF. The Labute approximate surface area is 34.6 Å². The quantitative estimate of drug-likeness (QED) is 0.360. The van der Waals surface area contributed by atoms with Crippen LogP contribution in [-0.2, 0) is 4.79 Å². The minimum Gasteiger partial charge on any atom is -0.267 e. The smallest absolute Gasteiger partial charge is 0.267 e. The van der Waals surface area contributed by atoms with Gasteiger partial charge in [-0.1, -0.05) is 11.1 Å². The Morgan fingerprint density at radius 2 is 2.50 bits per heavy atom. The highest BCUT2D eigenvalue weighted by molar-refractivity contribution is 5.85. The fraction of sp³-hybridized carbons (Fsp3) is 0. The minimum atomic E-state index is -0.810. The van der Waals surface area contributed by atoms with Crippen LogP contribution in [0.15, 0.2) is 12.7 Å². The van der Waals surface area contributed by atoms with Gasteiger partial charge in [-0.3, -0.25) is 4.79 Å². The Hall–Kier alpha value is -0.860. The van der Waals surface area contributed by atoms with E-state index >= 15 is 0 Å². The molecule has 0 aliphatic rings. The third-order valence-corrected chi connectivity index (χ3v) is 0.279. The number of hydrogen-bond donors (Lipinski definition) is 1. The van der Waals surface area contributed by atoms with Crippen LogP contribution in [0.5, 0.6) is 0 Å². The van der Waals surface area contributed by atoms with Crippen LogP contribution >= 0.6 is 0 Å². The number of nitrogens with one attached hydrogen (secondary N) is 1. The van der Waals surface area contributed by atoms with E-state index in [9.17, 15) is 9.28 Å². The van der Waals surface area contributed by atoms with Gasteiger partial charge < -0.3 is 0 Å². The Morgan fingerprint density at radius 1 is 2.00 bits per heavy atom. The monoisotopic (exact) mass is 89.0 g/mol. The Bertz CT molecular complexity index is 71.2. The van der Waals surface area contributed by atoms with Gasteiger partial charge in [-0.25, -0.2) is 0 Å². The molecule has 0 spiro atoms. The maximum Gasteiger partial charge on any atom is 0.271 e. The fourth-order valence-corrected chi connectivity index (χ4v) is 0.0386. The Balaban J connectivity index is 3.23. The highest BCUT2D eigenvalue weighted by atomic mass is 19.2. The van der Waals surface area contributed by atoms with Gasteiger partial charge in [0.15, 0.2) is 0 Å². The summed E-state index contributed by atoms with van der Waals surface area (Å²) in [6.45, 7) is 2.98. The van der Waals surface area contributed by atoms with Gasteiger partial charge in [0.1, 0.15) is 0 Å². The van der Waals surface area contributed by atoms with Gasteiger partial charge in [-0.2, -0.15) is 5.54 Å². The molecular formula is C3H4FNO. The molecule has 6 heavy (non-hydrogen) atoms. The van der Waals surface area contributed by atoms with Crippen molar-refractivity contribution in [2.24, 2.45) is 0 Å². The lowest BCUT2D eigenvalue weighted by molar-refractivity contribution is -0.120. The summed E-state index contributed by atoms with van der Waals surface area (Å²) in [7, 11) is 0. The molecule has 34 valence electrons. The topological polar surface area (TPSA) is 29.1 Å². The largest absolute Gasteiger partial charge is 0.271 e. The van der Waals surface area contributed by atoms with Crippen LogP contribution in [0.4, 0.5) is 4.48 Å². The normalized spacial score (nSPS) is 6.83. The summed E-state index contributed by atoms with van der Waals surface area (Å²) in [5.74, 6) is -0.810. The third kappa shape index (κ3) is 1.46.